The maximum absolute atomic E-state index is 9.63. The predicted molar refractivity (Wildman–Crippen MR) is 93.3 cm³/mol. The Morgan fingerprint density at radius 1 is 1.14 bits per heavy atom. The standard InChI is InChI=1S/C19H33NO2/c1-4-5-6-7-8-15-22-18-11-9-17(10-12-18)13-14-19(3,20)16(2)21/h9-12,16,21H,4-8,13-15,20H2,1-3H3/t16-,19+/m0/s1. The van der Waals surface area contributed by atoms with Crippen molar-refractivity contribution in [3.05, 3.63) is 29.8 Å². The van der Waals surface area contributed by atoms with Crippen LogP contribution in [0, 0.1) is 0 Å². The van der Waals surface area contributed by atoms with Crippen molar-refractivity contribution in [1.82, 2.24) is 0 Å². The van der Waals surface area contributed by atoms with Crippen molar-refractivity contribution in [3.63, 3.8) is 0 Å². The van der Waals surface area contributed by atoms with E-state index in [0.717, 1.165) is 31.6 Å². The highest BCUT2D eigenvalue weighted by Gasteiger charge is 2.24. The number of ether oxygens (including phenoxy) is 1. The third-order valence-corrected chi connectivity index (χ3v) is 4.35. The highest BCUT2D eigenvalue weighted by atomic mass is 16.5. The molecule has 0 saturated carbocycles. The molecule has 0 radical (unpaired) electrons. The van der Waals surface area contributed by atoms with Crippen molar-refractivity contribution < 1.29 is 9.84 Å². The number of hydrogen-bond acceptors (Lipinski definition) is 3. The van der Waals surface area contributed by atoms with E-state index in [9.17, 15) is 5.11 Å². The molecule has 3 heteroatoms. The minimum Gasteiger partial charge on any atom is -0.494 e. The first-order valence-electron chi connectivity index (χ1n) is 8.64. The zero-order chi connectivity index (χ0) is 16.4. The fourth-order valence-electron chi connectivity index (χ4n) is 2.27. The van der Waals surface area contributed by atoms with Crippen molar-refractivity contribution in [1.29, 1.82) is 0 Å². The molecule has 1 aromatic carbocycles. The van der Waals surface area contributed by atoms with Crippen molar-refractivity contribution in [3.8, 4) is 5.75 Å². The van der Waals surface area contributed by atoms with Gasteiger partial charge in [0, 0.05) is 5.54 Å². The van der Waals surface area contributed by atoms with Crippen LogP contribution in [0.2, 0.25) is 0 Å². The Balaban J connectivity index is 2.28. The van der Waals surface area contributed by atoms with Crippen LogP contribution in [0.4, 0.5) is 0 Å². The molecular weight excluding hydrogens is 274 g/mol. The molecule has 0 amide bonds. The van der Waals surface area contributed by atoms with Crippen LogP contribution in [0.15, 0.2) is 24.3 Å². The molecule has 0 aliphatic carbocycles. The number of benzene rings is 1. The lowest BCUT2D eigenvalue weighted by Gasteiger charge is -2.27. The predicted octanol–water partition coefficient (Wildman–Crippen LogP) is 4.07. The Labute approximate surface area is 135 Å². The maximum Gasteiger partial charge on any atom is 0.119 e. The molecule has 1 aromatic rings. The quantitative estimate of drug-likeness (QED) is 0.606. The number of unbranched alkanes of at least 4 members (excludes halogenated alkanes) is 4. The lowest BCUT2D eigenvalue weighted by molar-refractivity contribution is 0.106. The van der Waals surface area contributed by atoms with E-state index in [1.54, 1.807) is 6.92 Å². The van der Waals surface area contributed by atoms with E-state index in [0.29, 0.717) is 0 Å². The minimum absolute atomic E-state index is 0.497. The number of nitrogens with two attached hydrogens (primary N) is 1. The van der Waals surface area contributed by atoms with E-state index >= 15 is 0 Å². The topological polar surface area (TPSA) is 55.5 Å². The van der Waals surface area contributed by atoms with Crippen LogP contribution < -0.4 is 10.5 Å². The van der Waals surface area contributed by atoms with E-state index in [1.807, 2.05) is 19.1 Å². The summed E-state index contributed by atoms with van der Waals surface area (Å²) in [6.07, 6.45) is 7.42. The molecule has 0 aromatic heterocycles. The summed E-state index contributed by atoms with van der Waals surface area (Å²) in [6, 6.07) is 8.23. The fraction of sp³-hybridized carbons (Fsp3) is 0.684. The Hall–Kier alpha value is -1.06. The van der Waals surface area contributed by atoms with Gasteiger partial charge in [-0.2, -0.15) is 0 Å². The van der Waals surface area contributed by atoms with Gasteiger partial charge in [0.2, 0.25) is 0 Å². The number of aryl methyl sites for hydroxylation is 1. The molecule has 0 spiro atoms. The molecule has 0 bridgehead atoms. The molecule has 0 unspecified atom stereocenters. The highest BCUT2D eigenvalue weighted by Crippen LogP contribution is 2.18. The third kappa shape index (κ3) is 7.28. The molecule has 22 heavy (non-hydrogen) atoms. The molecule has 0 aliphatic heterocycles. The number of hydrogen-bond donors (Lipinski definition) is 2. The van der Waals surface area contributed by atoms with E-state index in [1.165, 1.54) is 31.2 Å². The summed E-state index contributed by atoms with van der Waals surface area (Å²) in [5, 5.41) is 9.63. The average Bonchev–Trinajstić information content (AvgIpc) is 2.50. The van der Waals surface area contributed by atoms with Gasteiger partial charge in [0.05, 0.1) is 12.7 Å². The largest absolute Gasteiger partial charge is 0.494 e. The fourth-order valence-corrected chi connectivity index (χ4v) is 2.27. The molecule has 0 saturated heterocycles. The van der Waals surface area contributed by atoms with Crippen LogP contribution in [0.1, 0.15) is 64.9 Å². The lowest BCUT2D eigenvalue weighted by atomic mass is 9.90. The van der Waals surface area contributed by atoms with Gasteiger partial charge in [0.1, 0.15) is 5.75 Å². The first-order valence-corrected chi connectivity index (χ1v) is 8.64. The molecule has 2 atom stereocenters. The summed E-state index contributed by atoms with van der Waals surface area (Å²) >= 11 is 0. The van der Waals surface area contributed by atoms with Gasteiger partial charge in [-0.3, -0.25) is 0 Å². The van der Waals surface area contributed by atoms with Crippen molar-refractivity contribution in [2.45, 2.75) is 77.4 Å². The zero-order valence-corrected chi connectivity index (χ0v) is 14.5. The molecule has 3 N–H and O–H groups in total. The first kappa shape index (κ1) is 19.0. The van der Waals surface area contributed by atoms with Gasteiger partial charge in [-0.05, 0) is 50.8 Å². The number of aliphatic hydroxyl groups is 1. The first-order chi connectivity index (χ1) is 10.5. The molecule has 0 heterocycles. The van der Waals surface area contributed by atoms with Gasteiger partial charge in [-0.15, -0.1) is 0 Å². The second kappa shape index (κ2) is 9.86. The van der Waals surface area contributed by atoms with Crippen molar-refractivity contribution in [2.75, 3.05) is 6.61 Å². The monoisotopic (exact) mass is 307 g/mol. The molecule has 0 fully saturated rings. The second-order valence-corrected chi connectivity index (χ2v) is 6.59. The minimum atomic E-state index is -0.534. The molecular formula is C19H33NO2. The summed E-state index contributed by atoms with van der Waals surface area (Å²) in [4.78, 5) is 0. The van der Waals surface area contributed by atoms with Gasteiger partial charge in [-0.25, -0.2) is 0 Å². The third-order valence-electron chi connectivity index (χ3n) is 4.35. The molecule has 1 rings (SSSR count). The molecule has 126 valence electrons. The van der Waals surface area contributed by atoms with Gasteiger partial charge in [-0.1, -0.05) is 44.7 Å². The highest BCUT2D eigenvalue weighted by molar-refractivity contribution is 5.27. The lowest BCUT2D eigenvalue weighted by Crippen LogP contribution is -2.46. The van der Waals surface area contributed by atoms with Crippen LogP contribution in [0.25, 0.3) is 0 Å². The summed E-state index contributed by atoms with van der Waals surface area (Å²) in [5.41, 5.74) is 6.77. The Bertz CT molecular complexity index is 398. The van der Waals surface area contributed by atoms with Crippen LogP contribution in [0.5, 0.6) is 5.75 Å². The Morgan fingerprint density at radius 2 is 1.77 bits per heavy atom. The number of rotatable bonds is 11. The Kier molecular flexibility index (Phi) is 8.51. The van der Waals surface area contributed by atoms with Crippen LogP contribution in [-0.2, 0) is 6.42 Å². The van der Waals surface area contributed by atoms with Crippen LogP contribution in [-0.4, -0.2) is 23.4 Å². The van der Waals surface area contributed by atoms with Crippen molar-refractivity contribution >= 4 is 0 Å². The van der Waals surface area contributed by atoms with Gasteiger partial charge < -0.3 is 15.6 Å². The van der Waals surface area contributed by atoms with Crippen LogP contribution in [0.3, 0.4) is 0 Å². The smallest absolute Gasteiger partial charge is 0.119 e. The zero-order valence-electron chi connectivity index (χ0n) is 14.5. The second-order valence-electron chi connectivity index (χ2n) is 6.59. The summed E-state index contributed by atoms with van der Waals surface area (Å²) in [7, 11) is 0. The summed E-state index contributed by atoms with van der Waals surface area (Å²) in [6.45, 7) is 6.67. The normalized spacial score (nSPS) is 15.3. The van der Waals surface area contributed by atoms with Gasteiger partial charge in [0.15, 0.2) is 0 Å². The van der Waals surface area contributed by atoms with Crippen LogP contribution >= 0.6 is 0 Å². The number of aliphatic hydroxyl groups excluding tert-OH is 1. The average molecular weight is 307 g/mol. The molecule has 0 aliphatic rings. The van der Waals surface area contributed by atoms with E-state index in [2.05, 4.69) is 19.1 Å². The van der Waals surface area contributed by atoms with E-state index in [-0.39, 0.29) is 0 Å². The summed E-state index contributed by atoms with van der Waals surface area (Å²) < 4.78 is 5.76. The van der Waals surface area contributed by atoms with E-state index in [4.69, 9.17) is 10.5 Å². The van der Waals surface area contributed by atoms with E-state index < -0.39 is 11.6 Å². The van der Waals surface area contributed by atoms with Crippen molar-refractivity contribution in [2.24, 2.45) is 5.73 Å². The SMILES string of the molecule is CCCCCCCOc1ccc(CC[C@@](C)(N)[C@H](C)O)cc1. The van der Waals surface area contributed by atoms with Gasteiger partial charge >= 0.3 is 0 Å². The summed E-state index contributed by atoms with van der Waals surface area (Å²) in [5.74, 6) is 0.935. The Morgan fingerprint density at radius 3 is 2.36 bits per heavy atom. The molecule has 3 nitrogen and oxygen atoms in total. The maximum atomic E-state index is 9.63. The van der Waals surface area contributed by atoms with Gasteiger partial charge in [0.25, 0.3) is 0 Å².